The summed E-state index contributed by atoms with van der Waals surface area (Å²) in [5.41, 5.74) is -2.04. The summed E-state index contributed by atoms with van der Waals surface area (Å²) in [6, 6.07) is 0. The maximum Gasteiger partial charge on any atom is 1.00 e. The number of hydrogen-bond donors (Lipinski definition) is 1. The Hall–Kier alpha value is 0.400. The van der Waals surface area contributed by atoms with E-state index in [1.165, 1.54) is 13.8 Å². The van der Waals surface area contributed by atoms with Crippen LogP contribution in [0.5, 0.6) is 0 Å². The van der Waals surface area contributed by atoms with E-state index in [4.69, 9.17) is 5.26 Å². The molecule has 0 atom stereocenters. The van der Waals surface area contributed by atoms with Gasteiger partial charge < -0.3 is 10.1 Å². The van der Waals surface area contributed by atoms with E-state index < -0.39 is 11.2 Å². The number of rotatable bonds is 2. The summed E-state index contributed by atoms with van der Waals surface area (Å²) in [5, 5.41) is 18.4. The first kappa shape index (κ1) is 15.9. The zero-order valence-corrected chi connectivity index (χ0v) is 10.7. The van der Waals surface area contributed by atoms with Gasteiger partial charge >= 0.3 is 29.6 Å². The SMILES string of the molecule is CC(C)(C#CC(C)(C)OO)O[O-].[Na+]. The Bertz CT molecular complexity index is 182. The molecule has 0 aromatic carbocycles. The van der Waals surface area contributed by atoms with Crippen LogP contribution < -0.4 is 34.8 Å². The standard InChI is InChI=1S/C8H14O4.Na/c1-7(2,11-9)5-6-8(3,4)12-10;/h9-10H,1-4H3;/q;+1/p-1. The molecule has 0 spiro atoms. The Balaban J connectivity index is 0. The summed E-state index contributed by atoms with van der Waals surface area (Å²) in [5.74, 6) is 5.08. The van der Waals surface area contributed by atoms with Crippen LogP contribution in [0.2, 0.25) is 0 Å². The van der Waals surface area contributed by atoms with Gasteiger partial charge in [-0.15, -0.1) is 0 Å². The van der Waals surface area contributed by atoms with Gasteiger partial charge in [0.2, 0.25) is 0 Å². The van der Waals surface area contributed by atoms with Crippen molar-refractivity contribution in [1.29, 1.82) is 0 Å². The predicted molar refractivity (Wildman–Crippen MR) is 40.7 cm³/mol. The van der Waals surface area contributed by atoms with Crippen molar-refractivity contribution in [2.24, 2.45) is 0 Å². The van der Waals surface area contributed by atoms with Gasteiger partial charge in [0.1, 0.15) is 5.60 Å². The van der Waals surface area contributed by atoms with Gasteiger partial charge in [-0.1, -0.05) is 11.8 Å². The van der Waals surface area contributed by atoms with E-state index in [1.807, 2.05) is 0 Å². The van der Waals surface area contributed by atoms with Gasteiger partial charge in [-0.05, 0) is 27.7 Å². The second kappa shape index (κ2) is 5.99. The molecular weight excluding hydrogens is 183 g/mol. The fraction of sp³-hybridized carbons (Fsp3) is 0.750. The van der Waals surface area contributed by atoms with Crippen molar-refractivity contribution in [3.8, 4) is 11.8 Å². The summed E-state index contributed by atoms with van der Waals surface area (Å²) >= 11 is 0. The molecule has 0 aliphatic carbocycles. The largest absolute Gasteiger partial charge is 1.00 e. The summed E-state index contributed by atoms with van der Waals surface area (Å²) in [7, 11) is 0. The fourth-order valence-corrected chi connectivity index (χ4v) is 0.345. The van der Waals surface area contributed by atoms with Gasteiger partial charge in [-0.25, -0.2) is 4.89 Å². The van der Waals surface area contributed by atoms with Gasteiger partial charge in [-0.3, -0.25) is 5.26 Å². The molecule has 0 aliphatic heterocycles. The topological polar surface area (TPSA) is 61.8 Å². The van der Waals surface area contributed by atoms with Crippen LogP contribution in [-0.2, 0) is 9.78 Å². The Morgan fingerprint density at radius 1 is 1.08 bits per heavy atom. The van der Waals surface area contributed by atoms with Gasteiger partial charge in [0.25, 0.3) is 0 Å². The third kappa shape index (κ3) is 7.47. The van der Waals surface area contributed by atoms with Crippen LogP contribution >= 0.6 is 0 Å². The first-order valence-corrected chi connectivity index (χ1v) is 3.51. The summed E-state index contributed by atoms with van der Waals surface area (Å²) in [6.07, 6.45) is 0. The minimum absolute atomic E-state index is 0. The molecule has 0 saturated heterocycles. The molecule has 0 unspecified atom stereocenters. The van der Waals surface area contributed by atoms with Crippen molar-refractivity contribution in [3.63, 3.8) is 0 Å². The zero-order chi connectivity index (χ0) is 9.83. The summed E-state index contributed by atoms with van der Waals surface area (Å²) in [4.78, 5) is 7.86. The molecule has 0 amide bonds. The van der Waals surface area contributed by atoms with Gasteiger partial charge in [0.15, 0.2) is 5.60 Å². The Morgan fingerprint density at radius 2 is 1.46 bits per heavy atom. The van der Waals surface area contributed by atoms with Crippen molar-refractivity contribution in [2.45, 2.75) is 38.9 Å². The van der Waals surface area contributed by atoms with Crippen LogP contribution in [0.3, 0.4) is 0 Å². The molecule has 70 valence electrons. The van der Waals surface area contributed by atoms with Gasteiger partial charge in [0.05, 0.1) is 0 Å². The second-order valence-corrected chi connectivity index (χ2v) is 3.45. The second-order valence-electron chi connectivity index (χ2n) is 3.45. The third-order valence-electron chi connectivity index (χ3n) is 1.10. The minimum atomic E-state index is -1.06. The Kier molecular flexibility index (Phi) is 7.31. The average Bonchev–Trinajstić information content (AvgIpc) is 2.02. The summed E-state index contributed by atoms with van der Waals surface area (Å²) in [6.45, 7) is 6.20. The molecule has 0 aromatic heterocycles. The Morgan fingerprint density at radius 3 is 1.77 bits per heavy atom. The molecule has 0 bridgehead atoms. The monoisotopic (exact) mass is 196 g/mol. The molecule has 0 aliphatic rings. The van der Waals surface area contributed by atoms with Gasteiger partial charge in [-0.2, -0.15) is 0 Å². The van der Waals surface area contributed by atoms with E-state index in [-0.39, 0.29) is 29.6 Å². The molecule has 1 N–H and O–H groups in total. The van der Waals surface area contributed by atoms with Crippen LogP contribution in [0.4, 0.5) is 0 Å². The predicted octanol–water partition coefficient (Wildman–Crippen LogP) is -2.67. The first-order chi connectivity index (χ1) is 5.33. The van der Waals surface area contributed by atoms with Crippen molar-refractivity contribution >= 4 is 0 Å². The third-order valence-corrected chi connectivity index (χ3v) is 1.10. The van der Waals surface area contributed by atoms with Crippen molar-refractivity contribution in [3.05, 3.63) is 0 Å². The Labute approximate surface area is 100 Å². The molecule has 0 aromatic rings. The smallest absolute Gasteiger partial charge is 0.722 e. The average molecular weight is 196 g/mol. The van der Waals surface area contributed by atoms with Crippen LogP contribution in [0.1, 0.15) is 27.7 Å². The molecular formula is C8H13NaO4. The zero-order valence-electron chi connectivity index (χ0n) is 8.67. The maximum absolute atomic E-state index is 10.1. The van der Waals surface area contributed by atoms with E-state index in [9.17, 15) is 5.26 Å². The van der Waals surface area contributed by atoms with Crippen molar-refractivity contribution in [1.82, 2.24) is 0 Å². The first-order valence-electron chi connectivity index (χ1n) is 3.51. The number of hydrogen-bond acceptors (Lipinski definition) is 4. The van der Waals surface area contributed by atoms with Crippen LogP contribution in [-0.4, -0.2) is 16.5 Å². The van der Waals surface area contributed by atoms with Crippen LogP contribution in [0, 0.1) is 11.8 Å². The molecule has 13 heavy (non-hydrogen) atoms. The molecule has 0 heterocycles. The normalized spacial score (nSPS) is 11.2. The van der Waals surface area contributed by atoms with Gasteiger partial charge in [0, 0.05) is 0 Å². The van der Waals surface area contributed by atoms with E-state index in [0.29, 0.717) is 0 Å². The molecule has 5 heteroatoms. The molecule has 0 radical (unpaired) electrons. The van der Waals surface area contributed by atoms with E-state index in [1.54, 1.807) is 13.8 Å². The molecule has 0 saturated carbocycles. The van der Waals surface area contributed by atoms with E-state index >= 15 is 0 Å². The van der Waals surface area contributed by atoms with E-state index in [0.717, 1.165) is 0 Å². The maximum atomic E-state index is 10.1. The van der Waals surface area contributed by atoms with E-state index in [2.05, 4.69) is 21.6 Å². The van der Waals surface area contributed by atoms with Crippen molar-refractivity contribution < 1.29 is 49.8 Å². The molecule has 4 nitrogen and oxygen atoms in total. The summed E-state index contributed by atoms with van der Waals surface area (Å²) < 4.78 is 0. The minimum Gasteiger partial charge on any atom is -0.722 e. The molecule has 0 fully saturated rings. The fourth-order valence-electron chi connectivity index (χ4n) is 0.345. The van der Waals surface area contributed by atoms with Crippen LogP contribution in [0.25, 0.3) is 0 Å². The molecule has 0 rings (SSSR count). The van der Waals surface area contributed by atoms with Crippen LogP contribution in [0.15, 0.2) is 0 Å². The van der Waals surface area contributed by atoms with Crippen molar-refractivity contribution in [2.75, 3.05) is 0 Å². The quantitative estimate of drug-likeness (QED) is 0.226.